The highest BCUT2D eigenvalue weighted by Crippen LogP contribution is 2.10. The molecule has 21 heavy (non-hydrogen) atoms. The minimum Gasteiger partial charge on any atom is -0.389 e. The fraction of sp³-hybridized carbons (Fsp3) is 0.267. The second-order valence-electron chi connectivity index (χ2n) is 4.63. The molecule has 3 N–H and O–H groups in total. The molecule has 2 rings (SSSR count). The van der Waals surface area contributed by atoms with Gasteiger partial charge >= 0.3 is 0 Å². The first-order valence-electron chi connectivity index (χ1n) is 6.80. The number of benzene rings is 1. The Morgan fingerprint density at radius 2 is 2.10 bits per heavy atom. The molecule has 0 aliphatic carbocycles. The predicted octanol–water partition coefficient (Wildman–Crippen LogP) is 2.11. The van der Waals surface area contributed by atoms with E-state index in [0.717, 1.165) is 23.5 Å². The fourth-order valence-corrected chi connectivity index (χ4v) is 2.16. The summed E-state index contributed by atoms with van der Waals surface area (Å²) in [7, 11) is 0. The Morgan fingerprint density at radius 3 is 2.71 bits per heavy atom. The number of thiocarbonyl (C=S) groups is 1. The zero-order valence-corrected chi connectivity index (χ0v) is 12.7. The highest BCUT2D eigenvalue weighted by atomic mass is 32.1. The number of nitrogens with one attached hydrogen (secondary N) is 1. The second-order valence-corrected chi connectivity index (χ2v) is 5.07. The number of nitrogens with zero attached hydrogens (tertiary/aromatic N) is 2. The lowest BCUT2D eigenvalue weighted by molar-refractivity contribution is -0.116. The number of imidazole rings is 1. The zero-order valence-electron chi connectivity index (χ0n) is 11.9. The molecule has 0 aliphatic heterocycles. The molecule has 6 heteroatoms. The Hall–Kier alpha value is -2.21. The molecule has 0 unspecified atom stereocenters. The molecule has 110 valence electrons. The maximum atomic E-state index is 11.9. The van der Waals surface area contributed by atoms with Crippen LogP contribution in [0.25, 0.3) is 0 Å². The van der Waals surface area contributed by atoms with Crippen molar-refractivity contribution in [1.82, 2.24) is 9.55 Å². The van der Waals surface area contributed by atoms with Crippen molar-refractivity contribution in [1.29, 1.82) is 0 Å². The van der Waals surface area contributed by atoms with Gasteiger partial charge in [-0.25, -0.2) is 4.98 Å². The molecule has 0 radical (unpaired) electrons. The van der Waals surface area contributed by atoms with Gasteiger partial charge in [-0.1, -0.05) is 19.1 Å². The van der Waals surface area contributed by atoms with Crippen LogP contribution in [0.5, 0.6) is 0 Å². The first kappa shape index (κ1) is 15.2. The van der Waals surface area contributed by atoms with Crippen molar-refractivity contribution in [3.05, 3.63) is 48.0 Å². The van der Waals surface area contributed by atoms with Gasteiger partial charge < -0.3 is 15.6 Å². The summed E-state index contributed by atoms with van der Waals surface area (Å²) in [6.07, 6.45) is 4.91. The van der Waals surface area contributed by atoms with Crippen molar-refractivity contribution in [2.24, 2.45) is 5.73 Å². The molecule has 0 spiro atoms. The lowest BCUT2D eigenvalue weighted by Gasteiger charge is -2.08. The molecular formula is C15H18N4OS. The summed E-state index contributed by atoms with van der Waals surface area (Å²) in [5.74, 6) is 0.956. The molecule has 1 aromatic carbocycles. The summed E-state index contributed by atoms with van der Waals surface area (Å²) in [4.78, 5) is 16.5. The summed E-state index contributed by atoms with van der Waals surface area (Å²) >= 11 is 4.89. The van der Waals surface area contributed by atoms with Crippen LogP contribution >= 0.6 is 12.2 Å². The molecule has 2 aromatic rings. The average Bonchev–Trinajstić information content (AvgIpc) is 2.93. The van der Waals surface area contributed by atoms with Crippen LogP contribution in [-0.2, 0) is 17.8 Å². The van der Waals surface area contributed by atoms with Gasteiger partial charge in [-0.15, -0.1) is 0 Å². The van der Waals surface area contributed by atoms with Gasteiger partial charge in [-0.3, -0.25) is 4.79 Å². The van der Waals surface area contributed by atoms with Crippen molar-refractivity contribution in [3.63, 3.8) is 0 Å². The van der Waals surface area contributed by atoms with E-state index in [1.54, 1.807) is 30.5 Å². The summed E-state index contributed by atoms with van der Waals surface area (Å²) in [5.41, 5.74) is 7.05. The molecule has 1 aromatic heterocycles. The Morgan fingerprint density at radius 1 is 1.38 bits per heavy atom. The molecule has 1 amide bonds. The standard InChI is InChI=1S/C15H18N4OS/c1-2-13-17-8-10-19(13)9-7-14(20)18-12-5-3-11(4-6-12)15(16)21/h3-6,8,10H,2,7,9H2,1H3,(H2,16,21)(H,18,20). The first-order valence-corrected chi connectivity index (χ1v) is 7.20. The fourth-order valence-electron chi connectivity index (χ4n) is 2.02. The lowest BCUT2D eigenvalue weighted by Crippen LogP contribution is -2.15. The average molecular weight is 302 g/mol. The molecule has 5 nitrogen and oxygen atoms in total. The number of aromatic nitrogens is 2. The second kappa shape index (κ2) is 6.99. The van der Waals surface area contributed by atoms with Gasteiger partial charge in [0.25, 0.3) is 0 Å². The summed E-state index contributed by atoms with van der Waals surface area (Å²) < 4.78 is 2.00. The van der Waals surface area contributed by atoms with E-state index in [4.69, 9.17) is 18.0 Å². The highest BCUT2D eigenvalue weighted by Gasteiger charge is 2.06. The topological polar surface area (TPSA) is 72.9 Å². The van der Waals surface area contributed by atoms with Gasteiger partial charge in [0.15, 0.2) is 0 Å². The Bertz CT molecular complexity index is 633. The Kier molecular flexibility index (Phi) is 5.05. The number of hydrogen-bond acceptors (Lipinski definition) is 3. The van der Waals surface area contributed by atoms with E-state index in [0.29, 0.717) is 18.0 Å². The van der Waals surface area contributed by atoms with Crippen LogP contribution < -0.4 is 11.1 Å². The van der Waals surface area contributed by atoms with Crippen LogP contribution in [0, 0.1) is 0 Å². The number of amides is 1. The van der Waals surface area contributed by atoms with Crippen LogP contribution in [0.4, 0.5) is 5.69 Å². The molecule has 0 saturated heterocycles. The summed E-state index contributed by atoms with van der Waals surface area (Å²) in [6.45, 7) is 2.67. The number of hydrogen-bond donors (Lipinski definition) is 2. The first-order chi connectivity index (χ1) is 10.1. The van der Waals surface area contributed by atoms with E-state index in [9.17, 15) is 4.79 Å². The van der Waals surface area contributed by atoms with Crippen LogP contribution in [0.1, 0.15) is 24.7 Å². The number of rotatable bonds is 6. The third-order valence-electron chi connectivity index (χ3n) is 3.15. The molecule has 1 heterocycles. The zero-order chi connectivity index (χ0) is 15.2. The highest BCUT2D eigenvalue weighted by molar-refractivity contribution is 7.80. The van der Waals surface area contributed by atoms with E-state index in [-0.39, 0.29) is 5.91 Å². The van der Waals surface area contributed by atoms with Gasteiger partial charge in [0, 0.05) is 43.0 Å². The molecular weight excluding hydrogens is 284 g/mol. The molecule has 0 bridgehead atoms. The number of carbonyl (C=O) groups is 1. The van der Waals surface area contributed by atoms with E-state index >= 15 is 0 Å². The van der Waals surface area contributed by atoms with Gasteiger partial charge in [0.05, 0.1) is 0 Å². The van der Waals surface area contributed by atoms with Gasteiger partial charge in [-0.2, -0.15) is 0 Å². The molecule has 0 atom stereocenters. The van der Waals surface area contributed by atoms with Crippen LogP contribution in [0.15, 0.2) is 36.7 Å². The maximum Gasteiger partial charge on any atom is 0.226 e. The van der Waals surface area contributed by atoms with E-state index in [2.05, 4.69) is 10.3 Å². The van der Waals surface area contributed by atoms with E-state index < -0.39 is 0 Å². The normalized spacial score (nSPS) is 10.3. The van der Waals surface area contributed by atoms with Crippen molar-refractivity contribution in [3.8, 4) is 0 Å². The summed E-state index contributed by atoms with van der Waals surface area (Å²) in [5, 5.41) is 2.85. The van der Waals surface area contributed by atoms with Crippen LogP contribution in [0.3, 0.4) is 0 Å². The van der Waals surface area contributed by atoms with Gasteiger partial charge in [0.2, 0.25) is 5.91 Å². The smallest absolute Gasteiger partial charge is 0.226 e. The van der Waals surface area contributed by atoms with E-state index in [1.807, 2.05) is 17.7 Å². The van der Waals surface area contributed by atoms with Crippen molar-refractivity contribution < 1.29 is 4.79 Å². The Labute approximate surface area is 129 Å². The third-order valence-corrected chi connectivity index (χ3v) is 3.39. The van der Waals surface area contributed by atoms with Crippen LogP contribution in [0.2, 0.25) is 0 Å². The minimum atomic E-state index is -0.0335. The van der Waals surface area contributed by atoms with E-state index in [1.165, 1.54) is 0 Å². The lowest BCUT2D eigenvalue weighted by atomic mass is 10.2. The summed E-state index contributed by atoms with van der Waals surface area (Å²) in [6, 6.07) is 7.17. The van der Waals surface area contributed by atoms with Gasteiger partial charge in [0.1, 0.15) is 10.8 Å². The number of carbonyl (C=O) groups excluding carboxylic acids is 1. The molecule has 0 fully saturated rings. The Balaban J connectivity index is 1.88. The molecule has 0 saturated carbocycles. The number of aryl methyl sites for hydroxylation is 2. The maximum absolute atomic E-state index is 11.9. The van der Waals surface area contributed by atoms with Gasteiger partial charge in [-0.05, 0) is 24.3 Å². The number of nitrogens with two attached hydrogens (primary N) is 1. The SMILES string of the molecule is CCc1nccn1CCC(=O)Nc1ccc(C(N)=S)cc1. The quantitative estimate of drug-likeness (QED) is 0.802. The van der Waals surface area contributed by atoms with Crippen LogP contribution in [-0.4, -0.2) is 20.4 Å². The van der Waals surface area contributed by atoms with Crippen molar-refractivity contribution in [2.45, 2.75) is 26.3 Å². The van der Waals surface area contributed by atoms with Crippen molar-refractivity contribution in [2.75, 3.05) is 5.32 Å². The number of anilines is 1. The monoisotopic (exact) mass is 302 g/mol. The third kappa shape index (κ3) is 4.13. The largest absolute Gasteiger partial charge is 0.389 e. The predicted molar refractivity (Wildman–Crippen MR) is 87.2 cm³/mol. The van der Waals surface area contributed by atoms with Crippen molar-refractivity contribution >= 4 is 28.8 Å². The molecule has 0 aliphatic rings. The minimum absolute atomic E-state index is 0.0335.